The number of carboxylic acids is 3. The van der Waals surface area contributed by atoms with Gasteiger partial charge in [0.05, 0.1) is 59.2 Å². The second-order valence-electron chi connectivity index (χ2n) is 17.6. The van der Waals surface area contributed by atoms with Crippen LogP contribution in [0.1, 0.15) is 42.4 Å². The number of hydrogen-bond donors (Lipinski definition) is 8. The Bertz CT molecular complexity index is 2130. The quantitative estimate of drug-likeness (QED) is 0.0247. The van der Waals surface area contributed by atoms with Gasteiger partial charge in [-0.1, -0.05) is 12.1 Å². The maximum absolute atomic E-state index is 13.7. The Morgan fingerprint density at radius 3 is 1.51 bits per heavy atom. The van der Waals surface area contributed by atoms with Gasteiger partial charge in [0.1, 0.15) is 17.5 Å². The van der Waals surface area contributed by atoms with E-state index in [-0.39, 0.29) is 128 Å². The van der Waals surface area contributed by atoms with Crippen LogP contribution in [-0.4, -0.2) is 233 Å². The van der Waals surface area contributed by atoms with Crippen LogP contribution in [0.15, 0.2) is 41.3 Å². The highest BCUT2D eigenvalue weighted by molar-refractivity contribution is 7.79. The molecule has 28 heteroatoms. The number of carbonyl (C=O) groups is 6. The molecule has 2 aromatic carbocycles. The Hall–Kier alpha value is -5.16. The predicted molar refractivity (Wildman–Crippen MR) is 269 cm³/mol. The van der Waals surface area contributed by atoms with Crippen LogP contribution in [0.2, 0.25) is 0 Å². The number of hydrogen-bond acceptors (Lipinski definition) is 18. The third-order valence-electron chi connectivity index (χ3n) is 11.3. The summed E-state index contributed by atoms with van der Waals surface area (Å²) < 4.78 is 61.1. The number of phosphoric acid groups is 1. The lowest BCUT2D eigenvalue weighted by Gasteiger charge is -2.33. The van der Waals surface area contributed by atoms with Crippen molar-refractivity contribution >= 4 is 54.5 Å². The van der Waals surface area contributed by atoms with Gasteiger partial charge in [0.15, 0.2) is 0 Å². The molecule has 75 heavy (non-hydrogen) atoms. The minimum absolute atomic E-state index is 0.0269. The molecule has 1 heterocycles. The Morgan fingerprint density at radius 2 is 1.07 bits per heavy atom. The Kier molecular flexibility index (Phi) is 30.1. The van der Waals surface area contributed by atoms with Crippen molar-refractivity contribution in [2.45, 2.75) is 56.9 Å². The van der Waals surface area contributed by atoms with Gasteiger partial charge in [0, 0.05) is 96.4 Å². The molecule has 0 aromatic heterocycles. The number of aliphatic carboxylic acids is 3. The van der Waals surface area contributed by atoms with Crippen LogP contribution in [0.4, 0.5) is 0 Å². The number of nitrogens with one attached hydrogen (secondary N) is 3. The topological polar surface area (TPSA) is 356 Å². The van der Waals surface area contributed by atoms with E-state index in [1.807, 2.05) is 0 Å². The molecular weight excluding hydrogens is 1030 g/mol. The summed E-state index contributed by atoms with van der Waals surface area (Å²) in [6.45, 7) is 6.54. The number of phosphoric ester groups is 1. The number of rotatable bonds is 34. The molecule has 3 amide bonds. The van der Waals surface area contributed by atoms with E-state index < -0.39 is 54.7 Å². The molecule has 2 aromatic rings. The molecule has 0 bridgehead atoms. The van der Waals surface area contributed by atoms with E-state index in [2.05, 4.69) is 20.5 Å². The minimum atomic E-state index is -4.83. The Balaban J connectivity index is 1.40. The summed E-state index contributed by atoms with van der Waals surface area (Å²) in [7, 11) is -4.83. The van der Waals surface area contributed by atoms with Crippen molar-refractivity contribution in [3.05, 3.63) is 53.1 Å². The largest absolute Gasteiger partial charge is 0.768 e. The van der Waals surface area contributed by atoms with E-state index in [0.29, 0.717) is 81.3 Å². The standard InChI is InChI=1S/C47H74N7O19PS/c1-35-28-39(29-36(2)46(35)75(67)68)72-23-3-6-41(55)48-11-4-21-69-24-26-71-27-25-70-22-5-12-49-47(63)40(30-37-7-9-38(10-8-37)73-74(64,65)66)50-42(56)31-51-13-15-52(32-43(57)58)17-19-54(34-45(61)62)20-18-53(16-14-51)33-44(59)60/h7-10,28-29,40H,3-6,11-27,30-34H2,1-2H3,(H,48,55)(H,49,63)(H,50,56)(H,57,58)(H,59,60)(H,61,62)(H,67,68)(H2,64,65,66)/p-1/t40-/m1/s1. The highest BCUT2D eigenvalue weighted by atomic mass is 32.2. The van der Waals surface area contributed by atoms with Crippen molar-refractivity contribution < 1.29 is 90.7 Å². The molecule has 2 atom stereocenters. The van der Waals surface area contributed by atoms with Crippen LogP contribution in [0.3, 0.4) is 0 Å². The van der Waals surface area contributed by atoms with Gasteiger partial charge in [-0.25, -0.2) is 4.57 Å². The number of carbonyl (C=O) groups excluding carboxylic acids is 3. The molecular formula is C47H73N7O19PS-. The van der Waals surface area contributed by atoms with Crippen LogP contribution < -0.4 is 25.2 Å². The highest BCUT2D eigenvalue weighted by Crippen LogP contribution is 2.37. The number of carboxylic acid groups (broad SMARTS) is 3. The molecule has 0 saturated carbocycles. The second kappa shape index (κ2) is 35.2. The number of ether oxygens (including phenoxy) is 4. The van der Waals surface area contributed by atoms with Crippen molar-refractivity contribution in [1.29, 1.82) is 0 Å². The molecule has 1 aliphatic heterocycles. The molecule has 1 fully saturated rings. The van der Waals surface area contributed by atoms with E-state index in [1.54, 1.807) is 45.6 Å². The van der Waals surface area contributed by atoms with Gasteiger partial charge in [-0.15, -0.1) is 0 Å². The first kappa shape index (κ1) is 64.1. The van der Waals surface area contributed by atoms with Crippen molar-refractivity contribution in [1.82, 2.24) is 35.6 Å². The molecule has 1 saturated heterocycles. The van der Waals surface area contributed by atoms with Crippen LogP contribution in [0.25, 0.3) is 0 Å². The molecule has 0 aliphatic carbocycles. The average molecular weight is 1100 g/mol. The third-order valence-corrected chi connectivity index (χ3v) is 12.8. The lowest BCUT2D eigenvalue weighted by molar-refractivity contribution is -0.140. The fourth-order valence-electron chi connectivity index (χ4n) is 7.72. The lowest BCUT2D eigenvalue weighted by atomic mass is 10.0. The molecule has 0 spiro atoms. The van der Waals surface area contributed by atoms with Gasteiger partial charge >= 0.3 is 25.7 Å². The monoisotopic (exact) mass is 1100 g/mol. The molecule has 422 valence electrons. The summed E-state index contributed by atoms with van der Waals surface area (Å²) in [6, 6.07) is 7.80. The summed E-state index contributed by atoms with van der Waals surface area (Å²) in [5.41, 5.74) is 1.71. The number of aryl methyl sites for hydroxylation is 2. The minimum Gasteiger partial charge on any atom is -0.768 e. The van der Waals surface area contributed by atoms with Gasteiger partial charge in [0.25, 0.3) is 0 Å². The normalized spacial score (nSPS) is 15.4. The van der Waals surface area contributed by atoms with Crippen LogP contribution in [0, 0.1) is 13.8 Å². The van der Waals surface area contributed by atoms with Crippen LogP contribution in [0.5, 0.6) is 11.5 Å². The lowest BCUT2D eigenvalue weighted by Crippen LogP contribution is -2.53. The maximum Gasteiger partial charge on any atom is 0.524 e. The fourth-order valence-corrected chi connectivity index (χ4v) is 8.76. The zero-order valence-electron chi connectivity index (χ0n) is 42.5. The van der Waals surface area contributed by atoms with Crippen molar-refractivity contribution in [2.75, 3.05) is 138 Å². The average Bonchev–Trinajstić information content (AvgIpc) is 3.31. The van der Waals surface area contributed by atoms with E-state index in [4.69, 9.17) is 18.9 Å². The van der Waals surface area contributed by atoms with Gasteiger partial charge < -0.3 is 59.3 Å². The third kappa shape index (κ3) is 29.1. The Morgan fingerprint density at radius 1 is 0.627 bits per heavy atom. The highest BCUT2D eigenvalue weighted by Gasteiger charge is 2.25. The maximum atomic E-state index is 13.7. The van der Waals surface area contributed by atoms with Crippen molar-refractivity contribution in [3.63, 3.8) is 0 Å². The van der Waals surface area contributed by atoms with E-state index in [0.717, 1.165) is 0 Å². The summed E-state index contributed by atoms with van der Waals surface area (Å²) in [5, 5.41) is 37.0. The molecule has 0 radical (unpaired) electrons. The molecule has 26 nitrogen and oxygen atoms in total. The zero-order valence-corrected chi connectivity index (χ0v) is 44.2. The van der Waals surface area contributed by atoms with E-state index in [1.165, 1.54) is 24.3 Å². The first-order chi connectivity index (χ1) is 35.7. The van der Waals surface area contributed by atoms with Crippen LogP contribution >= 0.6 is 7.82 Å². The van der Waals surface area contributed by atoms with E-state index >= 15 is 0 Å². The fraction of sp³-hybridized carbons (Fsp3) is 0.617. The van der Waals surface area contributed by atoms with Gasteiger partial charge in [-0.3, -0.25) is 62.4 Å². The van der Waals surface area contributed by atoms with Crippen LogP contribution in [-0.2, 0) is 65.0 Å². The summed E-state index contributed by atoms with van der Waals surface area (Å²) in [6.07, 6.45) is 1.76. The number of nitrogens with zero attached hydrogens (tertiary/aromatic N) is 4. The predicted octanol–water partition coefficient (Wildman–Crippen LogP) is -0.563. The van der Waals surface area contributed by atoms with E-state index in [9.17, 15) is 67.2 Å². The number of amides is 3. The van der Waals surface area contributed by atoms with Crippen molar-refractivity contribution in [2.24, 2.45) is 0 Å². The molecule has 1 aliphatic rings. The molecule has 3 rings (SSSR count). The molecule has 1 unspecified atom stereocenters. The molecule has 8 N–H and O–H groups in total. The second-order valence-corrected chi connectivity index (χ2v) is 19.6. The Labute approximate surface area is 438 Å². The first-order valence-corrected chi connectivity index (χ1v) is 27.1. The van der Waals surface area contributed by atoms with Gasteiger partial charge in [-0.2, -0.15) is 0 Å². The van der Waals surface area contributed by atoms with Crippen molar-refractivity contribution in [3.8, 4) is 11.5 Å². The summed E-state index contributed by atoms with van der Waals surface area (Å²) in [4.78, 5) is 99.6. The number of benzene rings is 2. The zero-order chi connectivity index (χ0) is 55.2. The summed E-state index contributed by atoms with van der Waals surface area (Å²) >= 11 is -2.33. The first-order valence-electron chi connectivity index (χ1n) is 24.5. The smallest absolute Gasteiger partial charge is 0.524 e. The van der Waals surface area contributed by atoms with Gasteiger partial charge in [0.2, 0.25) is 17.7 Å². The SMILES string of the molecule is Cc1cc(OCCCC(=O)NCCCOCCOCCOCCCNC(=O)[C@@H](Cc2ccc(OP(=O)(O)O)cc2)NC(=O)CN2CCN(CC(=O)O)CCN(CC(=O)O)CCN(CC(=O)O)CC2)cc(C)c1S(=O)[O-]. The van der Waals surface area contributed by atoms with Gasteiger partial charge in [-0.05, 0) is 85.1 Å². The summed E-state index contributed by atoms with van der Waals surface area (Å²) in [5.74, 6) is -4.05.